The average molecular weight is 441 g/mol. The molecule has 0 heterocycles. The van der Waals surface area contributed by atoms with E-state index in [4.69, 9.17) is 9.47 Å². The van der Waals surface area contributed by atoms with Crippen LogP contribution in [0.5, 0.6) is 17.2 Å². The van der Waals surface area contributed by atoms with Crippen molar-refractivity contribution in [1.82, 2.24) is 0 Å². The summed E-state index contributed by atoms with van der Waals surface area (Å²) in [6.45, 7) is 5.52. The summed E-state index contributed by atoms with van der Waals surface area (Å²) in [5.41, 5.74) is 1.24. The van der Waals surface area contributed by atoms with Gasteiger partial charge >= 0.3 is 0 Å². The van der Waals surface area contributed by atoms with Gasteiger partial charge in [0.25, 0.3) is 10.0 Å². The fourth-order valence-corrected chi connectivity index (χ4v) is 4.25. The minimum atomic E-state index is -3.93. The van der Waals surface area contributed by atoms with Crippen LogP contribution in [0, 0.1) is 6.92 Å². The first kappa shape index (κ1) is 22.2. The Morgan fingerprint density at radius 1 is 0.968 bits per heavy atom. The Kier molecular flexibility index (Phi) is 6.81. The zero-order valence-corrected chi connectivity index (χ0v) is 18.3. The average Bonchev–Trinajstić information content (AvgIpc) is 2.72. The highest BCUT2D eigenvalue weighted by molar-refractivity contribution is 7.92. The third-order valence-electron chi connectivity index (χ3n) is 4.29. The summed E-state index contributed by atoms with van der Waals surface area (Å²) >= 11 is 0. The Balaban J connectivity index is 1.87. The first-order valence-electron chi connectivity index (χ1n) is 9.69. The summed E-state index contributed by atoms with van der Waals surface area (Å²) in [5, 5.41) is 2.60. The lowest BCUT2D eigenvalue weighted by Gasteiger charge is -2.15. The lowest BCUT2D eigenvalue weighted by Crippen LogP contribution is -2.15. The molecule has 0 spiro atoms. The van der Waals surface area contributed by atoms with Crippen molar-refractivity contribution in [2.75, 3.05) is 16.6 Å². The van der Waals surface area contributed by atoms with Gasteiger partial charge in [0.15, 0.2) is 5.75 Å². The molecule has 0 aliphatic rings. The number of nitrogens with one attached hydrogen (secondary N) is 2. The summed E-state index contributed by atoms with van der Waals surface area (Å²) < 4.78 is 40.1. The Morgan fingerprint density at radius 2 is 1.65 bits per heavy atom. The first-order valence-corrected chi connectivity index (χ1v) is 11.2. The van der Waals surface area contributed by atoms with Crippen molar-refractivity contribution >= 4 is 27.3 Å². The van der Waals surface area contributed by atoms with Crippen LogP contribution in [0.25, 0.3) is 0 Å². The van der Waals surface area contributed by atoms with Gasteiger partial charge in [-0.05, 0) is 67.9 Å². The quantitative estimate of drug-likeness (QED) is 0.517. The molecule has 0 unspecified atom stereocenters. The molecule has 3 rings (SSSR count). The number of benzene rings is 3. The van der Waals surface area contributed by atoms with Gasteiger partial charge < -0.3 is 14.8 Å². The molecule has 0 aliphatic heterocycles. The van der Waals surface area contributed by atoms with Crippen LogP contribution in [-0.4, -0.2) is 20.9 Å². The Bertz CT molecular complexity index is 1170. The monoisotopic (exact) mass is 440 g/mol. The number of sulfonamides is 1. The number of anilines is 2. The molecule has 0 saturated heterocycles. The molecule has 0 bridgehead atoms. The van der Waals surface area contributed by atoms with Crippen LogP contribution in [0.3, 0.4) is 0 Å². The summed E-state index contributed by atoms with van der Waals surface area (Å²) in [5.74, 6) is 1.33. The van der Waals surface area contributed by atoms with Crippen LogP contribution in [0.2, 0.25) is 0 Å². The maximum Gasteiger partial charge on any atom is 0.262 e. The number of carbonyl (C=O) groups is 1. The Morgan fingerprint density at radius 3 is 2.32 bits per heavy atom. The summed E-state index contributed by atoms with van der Waals surface area (Å²) in [4.78, 5) is 11.4. The van der Waals surface area contributed by atoms with Crippen molar-refractivity contribution in [2.45, 2.75) is 25.7 Å². The van der Waals surface area contributed by atoms with Crippen LogP contribution in [0.15, 0.2) is 71.6 Å². The maximum atomic E-state index is 13.1. The summed E-state index contributed by atoms with van der Waals surface area (Å²) in [6, 6.07) is 18.5. The molecule has 7 nitrogen and oxygen atoms in total. The third-order valence-corrected chi connectivity index (χ3v) is 5.80. The van der Waals surface area contributed by atoms with E-state index in [1.54, 1.807) is 67.6 Å². The normalized spacial score (nSPS) is 10.9. The lowest BCUT2D eigenvalue weighted by atomic mass is 10.2. The smallest absolute Gasteiger partial charge is 0.262 e. The largest absolute Gasteiger partial charge is 0.494 e. The molecule has 0 saturated carbocycles. The van der Waals surface area contributed by atoms with Gasteiger partial charge in [-0.25, -0.2) is 8.42 Å². The zero-order chi connectivity index (χ0) is 22.4. The van der Waals surface area contributed by atoms with E-state index < -0.39 is 10.0 Å². The van der Waals surface area contributed by atoms with Crippen molar-refractivity contribution < 1.29 is 22.7 Å². The van der Waals surface area contributed by atoms with Gasteiger partial charge in [-0.2, -0.15) is 0 Å². The molecule has 3 aromatic carbocycles. The number of amides is 1. The minimum Gasteiger partial charge on any atom is -0.494 e. The number of hydrogen-bond acceptors (Lipinski definition) is 5. The van der Waals surface area contributed by atoms with E-state index in [2.05, 4.69) is 10.0 Å². The molecule has 8 heteroatoms. The molecule has 0 radical (unpaired) electrons. The topological polar surface area (TPSA) is 93.7 Å². The fraction of sp³-hybridized carbons (Fsp3) is 0.174. The molecule has 3 aromatic rings. The first-order chi connectivity index (χ1) is 14.8. The van der Waals surface area contributed by atoms with Gasteiger partial charge in [0.2, 0.25) is 5.91 Å². The van der Waals surface area contributed by atoms with Gasteiger partial charge in [0, 0.05) is 12.6 Å². The third kappa shape index (κ3) is 5.76. The van der Waals surface area contributed by atoms with Gasteiger partial charge in [-0.3, -0.25) is 9.52 Å². The second-order valence-corrected chi connectivity index (χ2v) is 8.42. The van der Waals surface area contributed by atoms with Crippen LogP contribution < -0.4 is 19.5 Å². The van der Waals surface area contributed by atoms with Crippen molar-refractivity contribution in [2.24, 2.45) is 0 Å². The number of hydrogen-bond donors (Lipinski definition) is 2. The second-order valence-electron chi connectivity index (χ2n) is 6.77. The number of rotatable bonds is 8. The molecule has 31 heavy (non-hydrogen) atoms. The molecule has 0 fully saturated rings. The molecule has 0 aromatic heterocycles. The van der Waals surface area contributed by atoms with Crippen LogP contribution in [0.4, 0.5) is 11.4 Å². The molecule has 1 amide bonds. The number of ether oxygens (including phenoxy) is 2. The van der Waals surface area contributed by atoms with E-state index in [1.165, 1.54) is 13.0 Å². The van der Waals surface area contributed by atoms with Crippen LogP contribution in [-0.2, 0) is 14.8 Å². The summed E-state index contributed by atoms with van der Waals surface area (Å²) in [7, 11) is -3.93. The highest BCUT2D eigenvalue weighted by Crippen LogP contribution is 2.32. The highest BCUT2D eigenvalue weighted by atomic mass is 32.2. The zero-order valence-electron chi connectivity index (χ0n) is 17.5. The fourth-order valence-electron chi connectivity index (χ4n) is 2.91. The number of para-hydroxylation sites is 2. The van der Waals surface area contributed by atoms with E-state index >= 15 is 0 Å². The van der Waals surface area contributed by atoms with Gasteiger partial charge in [-0.1, -0.05) is 18.2 Å². The van der Waals surface area contributed by atoms with Gasteiger partial charge in [-0.15, -0.1) is 0 Å². The van der Waals surface area contributed by atoms with E-state index in [-0.39, 0.29) is 10.8 Å². The van der Waals surface area contributed by atoms with Crippen molar-refractivity contribution in [1.29, 1.82) is 0 Å². The molecule has 0 aliphatic carbocycles. The standard InChI is InChI=1S/C23H24N2O5S/c1-4-29-19-11-13-20(14-12-19)30-22-8-6-5-7-21(22)25-31(27,28)23-15-18(24-17(3)26)10-9-16(23)2/h5-15,25H,4H2,1-3H3,(H,24,26). The van der Waals surface area contributed by atoms with Crippen molar-refractivity contribution in [3.05, 3.63) is 72.3 Å². The van der Waals surface area contributed by atoms with E-state index in [0.717, 1.165) is 5.75 Å². The van der Waals surface area contributed by atoms with Crippen LogP contribution in [0.1, 0.15) is 19.4 Å². The minimum absolute atomic E-state index is 0.0645. The second kappa shape index (κ2) is 9.53. The molecular weight excluding hydrogens is 416 g/mol. The molecule has 162 valence electrons. The molecule has 2 N–H and O–H groups in total. The maximum absolute atomic E-state index is 13.1. The van der Waals surface area contributed by atoms with Crippen molar-refractivity contribution in [3.63, 3.8) is 0 Å². The van der Waals surface area contributed by atoms with E-state index in [1.807, 2.05) is 6.92 Å². The Hall–Kier alpha value is -3.52. The van der Waals surface area contributed by atoms with Crippen molar-refractivity contribution in [3.8, 4) is 17.2 Å². The van der Waals surface area contributed by atoms with E-state index in [9.17, 15) is 13.2 Å². The predicted octanol–water partition coefficient (Wildman–Crippen LogP) is 4.95. The number of aryl methyl sites for hydroxylation is 1. The molecular formula is C23H24N2O5S. The van der Waals surface area contributed by atoms with E-state index in [0.29, 0.717) is 35.0 Å². The Labute approximate surface area is 182 Å². The predicted molar refractivity (Wildman–Crippen MR) is 120 cm³/mol. The molecule has 0 atom stereocenters. The van der Waals surface area contributed by atoms with Gasteiger partial charge in [0.1, 0.15) is 11.5 Å². The number of carbonyl (C=O) groups excluding carboxylic acids is 1. The van der Waals surface area contributed by atoms with Gasteiger partial charge in [0.05, 0.1) is 17.2 Å². The van der Waals surface area contributed by atoms with Crippen LogP contribution >= 0.6 is 0 Å². The lowest BCUT2D eigenvalue weighted by molar-refractivity contribution is -0.114. The summed E-state index contributed by atoms with van der Waals surface area (Å²) in [6.07, 6.45) is 0. The SMILES string of the molecule is CCOc1ccc(Oc2ccccc2NS(=O)(=O)c2cc(NC(C)=O)ccc2C)cc1. The highest BCUT2D eigenvalue weighted by Gasteiger charge is 2.20.